The summed E-state index contributed by atoms with van der Waals surface area (Å²) in [7, 11) is 0. The summed E-state index contributed by atoms with van der Waals surface area (Å²) >= 11 is 0. The fraction of sp³-hybridized carbons (Fsp3) is 0.435. The van der Waals surface area contributed by atoms with Gasteiger partial charge in [0, 0.05) is 58.6 Å². The topological polar surface area (TPSA) is 31.8 Å². The Bertz CT molecular complexity index is 733. The van der Waals surface area contributed by atoms with Gasteiger partial charge in [0.1, 0.15) is 5.82 Å². The fourth-order valence-corrected chi connectivity index (χ4v) is 3.78. The van der Waals surface area contributed by atoms with Crippen molar-refractivity contribution in [2.75, 3.05) is 63.9 Å². The number of hydrogen-bond acceptors (Lipinski definition) is 5. The molecule has 0 radical (unpaired) electrons. The van der Waals surface area contributed by atoms with Crippen molar-refractivity contribution < 1.29 is 4.74 Å². The molecule has 0 N–H and O–H groups in total. The molecule has 5 nitrogen and oxygen atoms in total. The molecule has 5 heteroatoms. The lowest BCUT2D eigenvalue weighted by atomic mass is 10.2. The van der Waals surface area contributed by atoms with Gasteiger partial charge in [-0.15, -0.1) is 0 Å². The molecule has 0 amide bonds. The third kappa shape index (κ3) is 5.41. The molecule has 2 fully saturated rings. The summed E-state index contributed by atoms with van der Waals surface area (Å²) in [5.41, 5.74) is 2.55. The third-order valence-electron chi connectivity index (χ3n) is 5.49. The van der Waals surface area contributed by atoms with Crippen molar-refractivity contribution in [3.63, 3.8) is 0 Å². The summed E-state index contributed by atoms with van der Waals surface area (Å²) in [6.45, 7) is 9.93. The van der Waals surface area contributed by atoms with E-state index in [1.165, 1.54) is 11.1 Å². The van der Waals surface area contributed by atoms with Crippen molar-refractivity contribution in [1.29, 1.82) is 0 Å². The smallest absolute Gasteiger partial charge is 0.128 e. The highest BCUT2D eigenvalue weighted by molar-refractivity contribution is 5.48. The average molecular weight is 379 g/mol. The van der Waals surface area contributed by atoms with Gasteiger partial charge < -0.3 is 9.64 Å². The largest absolute Gasteiger partial charge is 0.379 e. The molecule has 0 bridgehead atoms. The van der Waals surface area contributed by atoms with Gasteiger partial charge in [-0.3, -0.25) is 9.80 Å². The standard InChI is InChI=1S/C23H30N4O/c1-2-5-21(6-3-1)7-4-10-25-11-13-27(14-12-25)23-9-8-22(19-24-23)20-26-15-17-28-18-16-26/h1-9,19H,10-18,20H2/b7-4+. The second-order valence-corrected chi connectivity index (χ2v) is 7.51. The van der Waals surface area contributed by atoms with Crippen LogP contribution in [0, 0.1) is 0 Å². The zero-order valence-corrected chi connectivity index (χ0v) is 16.5. The number of aromatic nitrogens is 1. The van der Waals surface area contributed by atoms with Crippen molar-refractivity contribution in [3.8, 4) is 0 Å². The van der Waals surface area contributed by atoms with Gasteiger partial charge in [0.15, 0.2) is 0 Å². The van der Waals surface area contributed by atoms with Gasteiger partial charge in [0.05, 0.1) is 13.2 Å². The molecule has 0 atom stereocenters. The summed E-state index contributed by atoms with van der Waals surface area (Å²) in [5, 5.41) is 0. The molecule has 0 aliphatic carbocycles. The molecule has 1 aromatic heterocycles. The molecule has 1 aromatic carbocycles. The van der Waals surface area contributed by atoms with Crippen LogP contribution in [0.1, 0.15) is 11.1 Å². The van der Waals surface area contributed by atoms with Gasteiger partial charge in [-0.25, -0.2) is 4.98 Å². The molecular weight excluding hydrogens is 348 g/mol. The van der Waals surface area contributed by atoms with Crippen LogP contribution in [-0.4, -0.2) is 73.8 Å². The van der Waals surface area contributed by atoms with Crippen LogP contribution >= 0.6 is 0 Å². The van der Waals surface area contributed by atoms with Crippen molar-refractivity contribution >= 4 is 11.9 Å². The van der Waals surface area contributed by atoms with Crippen LogP contribution in [0.3, 0.4) is 0 Å². The quantitative estimate of drug-likeness (QED) is 0.772. The number of hydrogen-bond donors (Lipinski definition) is 0. The maximum absolute atomic E-state index is 5.42. The first-order chi connectivity index (χ1) is 13.9. The molecule has 4 rings (SSSR count). The maximum atomic E-state index is 5.42. The average Bonchev–Trinajstić information content (AvgIpc) is 2.76. The van der Waals surface area contributed by atoms with Crippen LogP contribution in [0.5, 0.6) is 0 Å². The molecule has 28 heavy (non-hydrogen) atoms. The van der Waals surface area contributed by atoms with E-state index in [4.69, 9.17) is 9.72 Å². The molecule has 2 aliphatic heterocycles. The number of rotatable bonds is 6. The van der Waals surface area contributed by atoms with E-state index < -0.39 is 0 Å². The number of ether oxygens (including phenoxy) is 1. The van der Waals surface area contributed by atoms with Gasteiger partial charge in [0.2, 0.25) is 0 Å². The van der Waals surface area contributed by atoms with E-state index in [1.54, 1.807) is 0 Å². The summed E-state index contributed by atoms with van der Waals surface area (Å²) in [4.78, 5) is 12.1. The normalized spacial score (nSPS) is 19.4. The van der Waals surface area contributed by atoms with E-state index in [0.717, 1.165) is 71.4 Å². The van der Waals surface area contributed by atoms with Crippen molar-refractivity contribution in [1.82, 2.24) is 14.8 Å². The summed E-state index contributed by atoms with van der Waals surface area (Å²) in [6.07, 6.45) is 6.52. The second kappa shape index (κ2) is 9.82. The van der Waals surface area contributed by atoms with E-state index in [9.17, 15) is 0 Å². The Morgan fingerprint density at radius 1 is 0.857 bits per heavy atom. The Balaban J connectivity index is 1.22. The van der Waals surface area contributed by atoms with Crippen LogP contribution in [0.25, 0.3) is 6.08 Å². The zero-order valence-electron chi connectivity index (χ0n) is 16.5. The lowest BCUT2D eigenvalue weighted by Crippen LogP contribution is -2.46. The monoisotopic (exact) mass is 378 g/mol. The minimum absolute atomic E-state index is 0.844. The number of morpholine rings is 1. The predicted octanol–water partition coefficient (Wildman–Crippen LogP) is 2.75. The van der Waals surface area contributed by atoms with Crippen molar-refractivity contribution in [2.45, 2.75) is 6.54 Å². The minimum atomic E-state index is 0.844. The minimum Gasteiger partial charge on any atom is -0.379 e. The van der Waals surface area contributed by atoms with E-state index >= 15 is 0 Å². The fourth-order valence-electron chi connectivity index (χ4n) is 3.78. The summed E-state index contributed by atoms with van der Waals surface area (Å²) in [5.74, 6) is 1.10. The highest BCUT2D eigenvalue weighted by atomic mass is 16.5. The Hall–Kier alpha value is -2.21. The number of benzene rings is 1. The van der Waals surface area contributed by atoms with E-state index in [-0.39, 0.29) is 0 Å². The Kier molecular flexibility index (Phi) is 6.71. The number of pyridine rings is 1. The summed E-state index contributed by atoms with van der Waals surface area (Å²) < 4.78 is 5.42. The van der Waals surface area contributed by atoms with Crippen LogP contribution in [0.15, 0.2) is 54.7 Å². The molecule has 0 spiro atoms. The predicted molar refractivity (Wildman–Crippen MR) is 114 cm³/mol. The van der Waals surface area contributed by atoms with Gasteiger partial charge in [-0.2, -0.15) is 0 Å². The Morgan fingerprint density at radius 3 is 2.36 bits per heavy atom. The van der Waals surface area contributed by atoms with Crippen LogP contribution < -0.4 is 4.90 Å². The maximum Gasteiger partial charge on any atom is 0.128 e. The van der Waals surface area contributed by atoms with E-state index in [1.807, 2.05) is 6.20 Å². The van der Waals surface area contributed by atoms with Crippen molar-refractivity contribution in [2.24, 2.45) is 0 Å². The lowest BCUT2D eigenvalue weighted by Gasteiger charge is -2.35. The zero-order chi connectivity index (χ0) is 19.0. The van der Waals surface area contributed by atoms with Gasteiger partial charge in [-0.05, 0) is 17.2 Å². The van der Waals surface area contributed by atoms with Gasteiger partial charge >= 0.3 is 0 Å². The molecule has 148 valence electrons. The second-order valence-electron chi connectivity index (χ2n) is 7.51. The van der Waals surface area contributed by atoms with Crippen molar-refractivity contribution in [3.05, 3.63) is 65.9 Å². The highest BCUT2D eigenvalue weighted by Gasteiger charge is 2.17. The highest BCUT2D eigenvalue weighted by Crippen LogP contribution is 2.15. The van der Waals surface area contributed by atoms with Crippen LogP contribution in [0.4, 0.5) is 5.82 Å². The SMILES string of the molecule is C(=C\c1ccccc1)/CN1CCN(c2ccc(CN3CCOCC3)cn2)CC1. The summed E-state index contributed by atoms with van der Waals surface area (Å²) in [6, 6.07) is 14.9. The molecule has 0 unspecified atom stereocenters. The molecule has 2 aromatic rings. The molecular formula is C23H30N4O. The lowest BCUT2D eigenvalue weighted by molar-refractivity contribution is 0.0341. The Morgan fingerprint density at radius 2 is 1.64 bits per heavy atom. The van der Waals surface area contributed by atoms with Crippen LogP contribution in [0.2, 0.25) is 0 Å². The molecule has 2 saturated heterocycles. The molecule has 2 aliphatic rings. The van der Waals surface area contributed by atoms with Gasteiger partial charge in [0.25, 0.3) is 0 Å². The first-order valence-corrected chi connectivity index (χ1v) is 10.3. The third-order valence-corrected chi connectivity index (χ3v) is 5.49. The first-order valence-electron chi connectivity index (χ1n) is 10.3. The Labute approximate surface area is 168 Å². The number of piperazine rings is 1. The van der Waals surface area contributed by atoms with Gasteiger partial charge in [-0.1, -0.05) is 48.6 Å². The number of anilines is 1. The van der Waals surface area contributed by atoms with E-state index in [2.05, 4.69) is 69.3 Å². The molecule has 0 saturated carbocycles. The molecule has 3 heterocycles. The first kappa shape index (κ1) is 19.1. The van der Waals surface area contributed by atoms with Crippen LogP contribution in [-0.2, 0) is 11.3 Å². The number of nitrogens with zero attached hydrogens (tertiary/aromatic N) is 4. The van der Waals surface area contributed by atoms with E-state index in [0.29, 0.717) is 0 Å².